The lowest BCUT2D eigenvalue weighted by molar-refractivity contribution is 0.0940. The Labute approximate surface area is 191 Å². The van der Waals surface area contributed by atoms with Crippen LogP contribution in [0.25, 0.3) is 0 Å². The van der Waals surface area contributed by atoms with Crippen molar-refractivity contribution >= 4 is 26.0 Å². The van der Waals surface area contributed by atoms with Crippen molar-refractivity contribution in [2.45, 2.75) is 36.2 Å². The predicted octanol–water partition coefficient (Wildman–Crippen LogP) is 1.31. The second-order valence-corrected chi connectivity index (χ2v) is 11.2. The topological polar surface area (TPSA) is 153 Å². The summed E-state index contributed by atoms with van der Waals surface area (Å²) in [5.74, 6) is -0.0434. The summed E-state index contributed by atoms with van der Waals surface area (Å²) in [5, 5.41) is 11.6. The number of carbonyl (C=O) groups is 1. The second kappa shape index (κ2) is 8.71. The van der Waals surface area contributed by atoms with Gasteiger partial charge in [0.25, 0.3) is 5.91 Å². The summed E-state index contributed by atoms with van der Waals surface area (Å²) in [6.07, 6.45) is 0.301. The monoisotopic (exact) mass is 490 g/mol. The molecule has 3 aromatic rings. The van der Waals surface area contributed by atoms with Crippen molar-refractivity contribution < 1.29 is 26.2 Å². The van der Waals surface area contributed by atoms with Gasteiger partial charge in [-0.1, -0.05) is 35.0 Å². The largest absolute Gasteiger partial charge is 0.360 e. The Morgan fingerprint density at radius 1 is 1.06 bits per heavy atom. The van der Waals surface area contributed by atoms with Crippen molar-refractivity contribution in [1.82, 2.24) is 14.8 Å². The fourth-order valence-corrected chi connectivity index (χ4v) is 5.41. The molecule has 0 saturated carbocycles. The number of hydrogen-bond acceptors (Lipinski definition) is 7. The van der Waals surface area contributed by atoms with E-state index < -0.39 is 26.0 Å². The van der Waals surface area contributed by atoms with Gasteiger partial charge in [-0.15, -0.1) is 0 Å². The van der Waals surface area contributed by atoms with Crippen LogP contribution in [0.4, 0.5) is 0 Å². The van der Waals surface area contributed by atoms with E-state index in [4.69, 9.17) is 9.66 Å². The number of rotatable bonds is 6. The molecule has 0 fully saturated rings. The zero-order chi connectivity index (χ0) is 23.8. The zero-order valence-corrected chi connectivity index (χ0v) is 19.3. The van der Waals surface area contributed by atoms with E-state index in [-0.39, 0.29) is 35.1 Å². The van der Waals surface area contributed by atoms with Gasteiger partial charge in [-0.05, 0) is 36.8 Å². The van der Waals surface area contributed by atoms with E-state index >= 15 is 0 Å². The molecule has 0 saturated heterocycles. The lowest BCUT2D eigenvalue weighted by Gasteiger charge is -2.25. The molecule has 2 aromatic carbocycles. The summed E-state index contributed by atoms with van der Waals surface area (Å²) in [4.78, 5) is 12.9. The van der Waals surface area contributed by atoms with Gasteiger partial charge in [0.2, 0.25) is 20.0 Å². The molecule has 10 nitrogen and oxygen atoms in total. The average Bonchev–Trinajstić information content (AvgIpc) is 3.21. The van der Waals surface area contributed by atoms with Crippen LogP contribution in [0.3, 0.4) is 0 Å². The quantitative estimate of drug-likeness (QED) is 0.528. The molecule has 0 radical (unpaired) electrons. The first-order valence-corrected chi connectivity index (χ1v) is 13.0. The van der Waals surface area contributed by atoms with E-state index in [0.717, 1.165) is 5.56 Å². The highest BCUT2D eigenvalue weighted by atomic mass is 32.2. The maximum atomic E-state index is 13.0. The number of nitrogens with one attached hydrogen (secondary N) is 1. The molecular formula is C21H22N4O6S2. The van der Waals surface area contributed by atoms with Crippen LogP contribution in [0.2, 0.25) is 0 Å². The fourth-order valence-electron chi connectivity index (χ4n) is 3.49. The third-order valence-corrected chi connectivity index (χ3v) is 8.16. The van der Waals surface area contributed by atoms with Crippen LogP contribution < -0.4 is 10.5 Å². The maximum absolute atomic E-state index is 13.0. The molecular weight excluding hydrogens is 468 g/mol. The number of hydrogen-bond donors (Lipinski definition) is 2. The van der Waals surface area contributed by atoms with E-state index in [1.165, 1.54) is 28.6 Å². The van der Waals surface area contributed by atoms with E-state index in [0.29, 0.717) is 23.3 Å². The van der Waals surface area contributed by atoms with E-state index in [1.807, 2.05) is 6.92 Å². The first-order chi connectivity index (χ1) is 15.6. The summed E-state index contributed by atoms with van der Waals surface area (Å²) < 4.78 is 55.4. The van der Waals surface area contributed by atoms with Gasteiger partial charge in [-0.2, -0.15) is 4.31 Å². The van der Waals surface area contributed by atoms with Crippen molar-refractivity contribution in [3.63, 3.8) is 0 Å². The first-order valence-electron chi connectivity index (χ1n) is 10.00. The van der Waals surface area contributed by atoms with Crippen LogP contribution in [-0.4, -0.2) is 38.7 Å². The van der Waals surface area contributed by atoms with Crippen LogP contribution >= 0.6 is 0 Å². The number of aryl methyl sites for hydroxylation is 1. The molecule has 0 atom stereocenters. The summed E-state index contributed by atoms with van der Waals surface area (Å²) in [6, 6.07) is 12.4. The number of amides is 1. The number of primary sulfonamides is 1. The Morgan fingerprint density at radius 2 is 1.70 bits per heavy atom. The molecule has 3 N–H and O–H groups in total. The summed E-state index contributed by atoms with van der Waals surface area (Å²) in [7, 11) is -7.54. The number of sulfonamides is 2. The van der Waals surface area contributed by atoms with Gasteiger partial charge in [-0.3, -0.25) is 4.79 Å². The van der Waals surface area contributed by atoms with E-state index in [2.05, 4.69) is 10.5 Å². The Hall–Kier alpha value is -3.06. The van der Waals surface area contributed by atoms with Crippen molar-refractivity contribution in [2.75, 3.05) is 6.54 Å². The third kappa shape index (κ3) is 4.83. The number of nitrogens with zero attached hydrogens (tertiary/aromatic N) is 2. The molecule has 1 aliphatic heterocycles. The number of carbonyl (C=O) groups excluding carboxylic acids is 1. The van der Waals surface area contributed by atoms with E-state index in [1.54, 1.807) is 24.3 Å². The normalized spacial score (nSPS) is 14.6. The van der Waals surface area contributed by atoms with Crippen molar-refractivity contribution in [3.8, 4) is 0 Å². The summed E-state index contributed by atoms with van der Waals surface area (Å²) in [5.41, 5.74) is 2.05. The molecule has 2 heterocycles. The minimum Gasteiger partial charge on any atom is -0.360 e. The van der Waals surface area contributed by atoms with Crippen molar-refractivity contribution in [2.24, 2.45) is 5.14 Å². The zero-order valence-electron chi connectivity index (χ0n) is 17.7. The molecule has 1 aliphatic rings. The number of aromatic nitrogens is 1. The standard InChI is InChI=1S/C21H22N4O6S2/c1-14-2-6-17(7-3-14)33(29,30)25-11-10-19-18(13-25)20(24-31-19)21(26)23-12-15-4-8-16(9-5-15)32(22,27)28/h2-9H,10-13H2,1H3,(H,23,26)(H2,22,27,28). The second-order valence-electron chi connectivity index (χ2n) is 7.71. The van der Waals surface area contributed by atoms with Gasteiger partial charge >= 0.3 is 0 Å². The number of nitrogens with two attached hydrogens (primary N) is 1. The SMILES string of the molecule is Cc1ccc(S(=O)(=O)N2CCc3onc(C(=O)NCc4ccc(S(N)(=O)=O)cc4)c3C2)cc1. The Morgan fingerprint density at radius 3 is 2.33 bits per heavy atom. The van der Waals surface area contributed by atoms with Gasteiger partial charge in [0, 0.05) is 31.6 Å². The molecule has 12 heteroatoms. The number of benzene rings is 2. The van der Waals surface area contributed by atoms with Gasteiger partial charge in [0.05, 0.1) is 9.79 Å². The number of fused-ring (bicyclic) bond motifs is 1. The van der Waals surface area contributed by atoms with Crippen molar-refractivity contribution in [1.29, 1.82) is 0 Å². The first kappa shape index (κ1) is 23.1. The Kier molecular flexibility index (Phi) is 6.10. The predicted molar refractivity (Wildman–Crippen MR) is 118 cm³/mol. The van der Waals surface area contributed by atoms with Crippen LogP contribution in [0.5, 0.6) is 0 Å². The van der Waals surface area contributed by atoms with E-state index in [9.17, 15) is 21.6 Å². The molecule has 33 heavy (non-hydrogen) atoms. The fraction of sp³-hybridized carbons (Fsp3) is 0.238. The lowest BCUT2D eigenvalue weighted by atomic mass is 10.1. The highest BCUT2D eigenvalue weighted by Crippen LogP contribution is 2.27. The highest BCUT2D eigenvalue weighted by molar-refractivity contribution is 7.89. The smallest absolute Gasteiger partial charge is 0.274 e. The van der Waals surface area contributed by atoms with Crippen LogP contribution in [-0.2, 0) is 39.6 Å². The Bertz CT molecular complexity index is 1400. The van der Waals surface area contributed by atoms with Gasteiger partial charge in [0.1, 0.15) is 5.76 Å². The lowest BCUT2D eigenvalue weighted by Crippen LogP contribution is -2.36. The van der Waals surface area contributed by atoms with Gasteiger partial charge in [-0.25, -0.2) is 22.0 Å². The molecule has 4 rings (SSSR count). The minimum absolute atomic E-state index is 0.0231. The minimum atomic E-state index is -3.80. The van der Waals surface area contributed by atoms with Crippen LogP contribution in [0, 0.1) is 6.92 Å². The molecule has 0 spiro atoms. The molecule has 0 aliphatic carbocycles. The molecule has 1 amide bonds. The highest BCUT2D eigenvalue weighted by Gasteiger charge is 2.33. The van der Waals surface area contributed by atoms with Gasteiger partial charge in [0.15, 0.2) is 5.69 Å². The molecule has 1 aromatic heterocycles. The maximum Gasteiger partial charge on any atom is 0.274 e. The average molecular weight is 491 g/mol. The van der Waals surface area contributed by atoms with Crippen molar-refractivity contribution in [3.05, 3.63) is 76.7 Å². The molecule has 174 valence electrons. The third-order valence-electron chi connectivity index (χ3n) is 5.37. The van der Waals surface area contributed by atoms with Crippen LogP contribution in [0.1, 0.15) is 32.9 Å². The van der Waals surface area contributed by atoms with Crippen LogP contribution in [0.15, 0.2) is 62.8 Å². The molecule has 0 bridgehead atoms. The molecule has 0 unspecified atom stereocenters. The summed E-state index contributed by atoms with van der Waals surface area (Å²) in [6.45, 7) is 2.17. The van der Waals surface area contributed by atoms with Gasteiger partial charge < -0.3 is 9.84 Å². The summed E-state index contributed by atoms with van der Waals surface area (Å²) >= 11 is 0. The Balaban J connectivity index is 1.48.